The molecule has 3 rings (SSSR count). The third kappa shape index (κ3) is 3.39. The number of piperidine rings is 1. The Balaban J connectivity index is 1.82. The Morgan fingerprint density at radius 2 is 2.26 bits per heavy atom. The van der Waals surface area contributed by atoms with Crippen LogP contribution in [-0.2, 0) is 9.53 Å². The quantitative estimate of drug-likeness (QED) is 0.832. The van der Waals surface area contributed by atoms with Crippen molar-refractivity contribution in [3.05, 3.63) is 36.0 Å². The molecule has 23 heavy (non-hydrogen) atoms. The second kappa shape index (κ2) is 6.87. The van der Waals surface area contributed by atoms with Crippen molar-refractivity contribution in [1.29, 1.82) is 0 Å². The minimum absolute atomic E-state index is 0.161. The van der Waals surface area contributed by atoms with Crippen molar-refractivity contribution in [3.63, 3.8) is 0 Å². The maximum absolute atomic E-state index is 12.0. The van der Waals surface area contributed by atoms with E-state index in [0.717, 1.165) is 23.8 Å². The number of nitrogens with zero attached hydrogens (tertiary/aromatic N) is 5. The molecule has 1 saturated heterocycles. The molecule has 0 unspecified atom stereocenters. The van der Waals surface area contributed by atoms with Crippen LogP contribution in [0.25, 0.3) is 5.82 Å². The summed E-state index contributed by atoms with van der Waals surface area (Å²) < 4.78 is 6.87. The SMILES string of the molecule is COCCN1C[C@@H](c2ncnn2-c2cccc(C)n2)CCC1=O. The number of amides is 1. The maximum Gasteiger partial charge on any atom is 0.222 e. The van der Waals surface area contributed by atoms with Crippen LogP contribution < -0.4 is 0 Å². The predicted molar refractivity (Wildman–Crippen MR) is 84.3 cm³/mol. The van der Waals surface area contributed by atoms with Crippen molar-refractivity contribution in [2.24, 2.45) is 0 Å². The minimum Gasteiger partial charge on any atom is -0.383 e. The molecule has 0 aromatic carbocycles. The summed E-state index contributed by atoms with van der Waals surface area (Å²) in [6.45, 7) is 3.76. The third-order valence-corrected chi connectivity index (χ3v) is 4.10. The molecule has 1 atom stereocenters. The zero-order chi connectivity index (χ0) is 16.2. The molecule has 0 spiro atoms. The Hall–Kier alpha value is -2.28. The van der Waals surface area contributed by atoms with Crippen LogP contribution in [-0.4, -0.2) is 57.4 Å². The highest BCUT2D eigenvalue weighted by Gasteiger charge is 2.29. The number of aryl methyl sites for hydroxylation is 1. The van der Waals surface area contributed by atoms with Gasteiger partial charge in [0.05, 0.1) is 6.61 Å². The third-order valence-electron chi connectivity index (χ3n) is 4.10. The number of pyridine rings is 1. The Morgan fingerprint density at radius 3 is 3.04 bits per heavy atom. The largest absolute Gasteiger partial charge is 0.383 e. The van der Waals surface area contributed by atoms with Gasteiger partial charge in [-0.15, -0.1) is 0 Å². The van der Waals surface area contributed by atoms with Gasteiger partial charge in [0.1, 0.15) is 12.2 Å². The molecule has 0 bridgehead atoms. The van der Waals surface area contributed by atoms with Crippen molar-refractivity contribution in [2.45, 2.75) is 25.7 Å². The molecule has 1 aliphatic heterocycles. The lowest BCUT2D eigenvalue weighted by molar-refractivity contribution is -0.134. The first kappa shape index (κ1) is 15.6. The lowest BCUT2D eigenvalue weighted by Gasteiger charge is -2.32. The summed E-state index contributed by atoms with van der Waals surface area (Å²) in [6.07, 6.45) is 2.87. The van der Waals surface area contributed by atoms with E-state index in [9.17, 15) is 4.79 Å². The molecule has 122 valence electrons. The highest BCUT2D eigenvalue weighted by molar-refractivity contribution is 5.77. The van der Waals surface area contributed by atoms with Crippen molar-refractivity contribution in [2.75, 3.05) is 26.8 Å². The van der Waals surface area contributed by atoms with E-state index < -0.39 is 0 Å². The molecule has 0 aliphatic carbocycles. The van der Waals surface area contributed by atoms with Gasteiger partial charge < -0.3 is 9.64 Å². The number of ether oxygens (including phenoxy) is 1. The Kier molecular flexibility index (Phi) is 4.66. The van der Waals surface area contributed by atoms with E-state index in [0.29, 0.717) is 26.1 Å². The van der Waals surface area contributed by atoms with E-state index in [1.54, 1.807) is 18.1 Å². The van der Waals surface area contributed by atoms with Gasteiger partial charge in [0.15, 0.2) is 5.82 Å². The van der Waals surface area contributed by atoms with Crippen molar-refractivity contribution >= 4 is 5.91 Å². The minimum atomic E-state index is 0.161. The van der Waals surface area contributed by atoms with E-state index >= 15 is 0 Å². The van der Waals surface area contributed by atoms with Crippen LogP contribution in [0.15, 0.2) is 24.5 Å². The molecule has 2 aromatic rings. The van der Waals surface area contributed by atoms with Gasteiger partial charge in [0.2, 0.25) is 5.91 Å². The zero-order valence-corrected chi connectivity index (χ0v) is 13.5. The maximum atomic E-state index is 12.0. The monoisotopic (exact) mass is 315 g/mol. The summed E-state index contributed by atoms with van der Waals surface area (Å²) in [5, 5.41) is 4.32. The fourth-order valence-electron chi connectivity index (χ4n) is 2.90. The topological polar surface area (TPSA) is 73.1 Å². The van der Waals surface area contributed by atoms with Gasteiger partial charge in [-0.05, 0) is 25.5 Å². The predicted octanol–water partition coefficient (Wildman–Crippen LogP) is 1.32. The van der Waals surface area contributed by atoms with Crippen molar-refractivity contribution < 1.29 is 9.53 Å². The average molecular weight is 315 g/mol. The molecular formula is C16H21N5O2. The molecule has 7 nitrogen and oxygen atoms in total. The first-order valence-corrected chi connectivity index (χ1v) is 7.79. The van der Waals surface area contributed by atoms with Crippen molar-refractivity contribution in [3.8, 4) is 5.82 Å². The van der Waals surface area contributed by atoms with E-state index in [1.165, 1.54) is 0 Å². The fraction of sp³-hybridized carbons (Fsp3) is 0.500. The number of hydrogen-bond acceptors (Lipinski definition) is 5. The molecule has 1 aliphatic rings. The number of rotatable bonds is 5. The lowest BCUT2D eigenvalue weighted by Crippen LogP contribution is -2.41. The molecule has 0 N–H and O–H groups in total. The second-order valence-corrected chi connectivity index (χ2v) is 5.74. The average Bonchev–Trinajstić information content (AvgIpc) is 3.04. The van der Waals surface area contributed by atoms with Crippen LogP contribution in [0.3, 0.4) is 0 Å². The summed E-state index contributed by atoms with van der Waals surface area (Å²) in [4.78, 5) is 22.8. The number of methoxy groups -OCH3 is 1. The van der Waals surface area contributed by atoms with E-state index in [2.05, 4.69) is 15.1 Å². The van der Waals surface area contributed by atoms with Gasteiger partial charge in [-0.2, -0.15) is 9.78 Å². The summed E-state index contributed by atoms with van der Waals surface area (Å²) in [6, 6.07) is 5.83. The van der Waals surface area contributed by atoms with E-state index in [-0.39, 0.29) is 11.8 Å². The molecule has 1 fully saturated rings. The molecule has 0 radical (unpaired) electrons. The summed E-state index contributed by atoms with van der Waals surface area (Å²) >= 11 is 0. The van der Waals surface area contributed by atoms with Crippen LogP contribution in [0.2, 0.25) is 0 Å². The molecular weight excluding hydrogens is 294 g/mol. The van der Waals surface area contributed by atoms with E-state index in [1.807, 2.05) is 30.0 Å². The Bertz CT molecular complexity index is 685. The first-order valence-electron chi connectivity index (χ1n) is 7.79. The van der Waals surface area contributed by atoms with Gasteiger partial charge >= 0.3 is 0 Å². The standard InChI is InChI=1S/C16H21N5O2/c1-12-4-3-5-14(19-12)21-16(17-11-18-21)13-6-7-15(22)20(10-13)8-9-23-2/h3-5,11,13H,6-10H2,1-2H3/t13-/m0/s1. The van der Waals surface area contributed by atoms with Gasteiger partial charge in [-0.3, -0.25) is 4.79 Å². The van der Waals surface area contributed by atoms with Crippen LogP contribution >= 0.6 is 0 Å². The van der Waals surface area contributed by atoms with Crippen LogP contribution in [0.4, 0.5) is 0 Å². The number of carbonyl (C=O) groups is 1. The van der Waals surface area contributed by atoms with Crippen LogP contribution in [0, 0.1) is 6.92 Å². The van der Waals surface area contributed by atoms with Gasteiger partial charge in [-0.1, -0.05) is 6.07 Å². The molecule has 2 aromatic heterocycles. The Labute approximate surface area is 135 Å². The molecule has 1 amide bonds. The highest BCUT2D eigenvalue weighted by Crippen LogP contribution is 2.27. The summed E-state index contributed by atoms with van der Waals surface area (Å²) in [7, 11) is 1.64. The van der Waals surface area contributed by atoms with Gasteiger partial charge in [-0.25, -0.2) is 9.97 Å². The lowest BCUT2D eigenvalue weighted by atomic mass is 9.96. The normalized spacial score (nSPS) is 18.4. The number of hydrogen-bond donors (Lipinski definition) is 0. The van der Waals surface area contributed by atoms with Crippen molar-refractivity contribution in [1.82, 2.24) is 24.6 Å². The zero-order valence-electron chi connectivity index (χ0n) is 13.5. The van der Waals surface area contributed by atoms with Gasteiger partial charge in [0, 0.05) is 38.2 Å². The fourth-order valence-corrected chi connectivity index (χ4v) is 2.90. The summed E-state index contributed by atoms with van der Waals surface area (Å²) in [5.41, 5.74) is 0.935. The molecule has 3 heterocycles. The van der Waals surface area contributed by atoms with E-state index in [4.69, 9.17) is 4.74 Å². The Morgan fingerprint density at radius 1 is 1.39 bits per heavy atom. The van der Waals surface area contributed by atoms with Crippen LogP contribution in [0.1, 0.15) is 30.3 Å². The molecule has 7 heteroatoms. The summed E-state index contributed by atoms with van der Waals surface area (Å²) in [5.74, 6) is 1.96. The highest BCUT2D eigenvalue weighted by atomic mass is 16.5. The molecule has 0 saturated carbocycles. The van der Waals surface area contributed by atoms with Gasteiger partial charge in [0.25, 0.3) is 0 Å². The smallest absolute Gasteiger partial charge is 0.222 e. The van der Waals surface area contributed by atoms with Crippen LogP contribution in [0.5, 0.6) is 0 Å². The second-order valence-electron chi connectivity index (χ2n) is 5.74. The number of carbonyl (C=O) groups excluding carboxylic acids is 1. The first-order chi connectivity index (χ1) is 11.2. The number of aromatic nitrogens is 4. The number of likely N-dealkylation sites (tertiary alicyclic amines) is 1.